The summed E-state index contributed by atoms with van der Waals surface area (Å²) in [7, 11) is 0. The lowest BCUT2D eigenvalue weighted by Crippen LogP contribution is -2.13. The lowest BCUT2D eigenvalue weighted by molar-refractivity contribution is 1.45. The summed E-state index contributed by atoms with van der Waals surface area (Å²) < 4.78 is 0. The number of hydrogen-bond donors (Lipinski definition) is 2. The highest BCUT2D eigenvalue weighted by Gasteiger charge is 2.18. The Morgan fingerprint density at radius 2 is 1.00 bits per heavy atom. The average molecular weight is 180 g/mol. The van der Waals surface area contributed by atoms with Gasteiger partial charge in [-0.25, -0.2) is 0 Å². The Kier molecular flexibility index (Phi) is 1.22. The van der Waals surface area contributed by atoms with E-state index in [2.05, 4.69) is 0 Å². The van der Waals surface area contributed by atoms with Gasteiger partial charge in [-0.15, -0.1) is 0 Å². The van der Waals surface area contributed by atoms with E-state index in [1.165, 1.54) is 0 Å². The minimum absolute atomic E-state index is 0.511. The number of fused-ring (bicyclic) bond motifs is 2. The van der Waals surface area contributed by atoms with Gasteiger partial charge >= 0.3 is 0 Å². The molecule has 2 nitrogen and oxygen atoms in total. The largest absolute Gasteiger partial charge is 0.300 e. The first-order valence-electron chi connectivity index (χ1n) is 4.48. The van der Waals surface area contributed by atoms with Crippen molar-refractivity contribution in [2.75, 3.05) is 0 Å². The predicted molar refractivity (Wildman–Crippen MR) is 57.9 cm³/mol. The Labute approximate surface area is 81.2 Å². The third kappa shape index (κ3) is 0.752. The zero-order valence-electron chi connectivity index (χ0n) is 7.46. The van der Waals surface area contributed by atoms with Gasteiger partial charge in [0.25, 0.3) is 0 Å². The molecule has 2 N–H and O–H groups in total. The quantitative estimate of drug-likeness (QED) is 0.626. The molecule has 0 fully saturated rings. The molecule has 3 aromatic carbocycles. The molecule has 0 unspecified atom stereocenters. The Bertz CT molecular complexity index is 507. The summed E-state index contributed by atoms with van der Waals surface area (Å²) in [6, 6.07) is 8.04. The molecule has 0 heterocycles. The molecule has 0 aromatic heterocycles. The van der Waals surface area contributed by atoms with Crippen LogP contribution in [-0.4, -0.2) is 11.4 Å². The summed E-state index contributed by atoms with van der Waals surface area (Å²) in [5.41, 5.74) is 2.85. The van der Waals surface area contributed by atoms with Gasteiger partial charge in [0.15, 0.2) is 0 Å². The van der Waals surface area contributed by atoms with E-state index in [-0.39, 0.29) is 0 Å². The monoisotopic (exact) mass is 180 g/mol. The first-order chi connectivity index (χ1) is 6.77. The van der Waals surface area contributed by atoms with Crippen LogP contribution in [0.25, 0.3) is 10.8 Å². The van der Waals surface area contributed by atoms with Crippen LogP contribution in [0.1, 0.15) is 11.1 Å². The minimum atomic E-state index is 0.511. The lowest BCUT2D eigenvalue weighted by atomic mass is 9.86. The Morgan fingerprint density at radius 3 is 1.36 bits per heavy atom. The zero-order chi connectivity index (χ0) is 9.71. The molecular weight excluding hydrogens is 172 g/mol. The van der Waals surface area contributed by atoms with Crippen LogP contribution in [-0.2, 0) is 0 Å². The average Bonchev–Trinajstić information content (AvgIpc) is 2.25. The van der Waals surface area contributed by atoms with Crippen molar-refractivity contribution in [3.05, 3.63) is 47.5 Å². The molecule has 0 saturated carbocycles. The lowest BCUT2D eigenvalue weighted by Gasteiger charge is -2.17. The van der Waals surface area contributed by atoms with E-state index in [1.54, 1.807) is 12.2 Å². The molecule has 2 bridgehead atoms. The predicted octanol–water partition coefficient (Wildman–Crippen LogP) is 2.58. The molecule has 0 atom stereocenters. The summed E-state index contributed by atoms with van der Waals surface area (Å²) in [5, 5.41) is 17.7. The van der Waals surface area contributed by atoms with Crippen molar-refractivity contribution in [2.24, 2.45) is 0 Å². The summed E-state index contributed by atoms with van der Waals surface area (Å²) in [6.45, 7) is 0. The summed E-state index contributed by atoms with van der Waals surface area (Å²) in [6.07, 6.45) is 3.38. The molecule has 0 radical (unpaired) electrons. The highest BCUT2D eigenvalue weighted by molar-refractivity contribution is 6.29. The normalized spacial score (nSPS) is 15.1. The van der Waals surface area contributed by atoms with E-state index >= 15 is 0 Å². The molecule has 3 aromatic rings. The number of allylic oxidation sites excluding steroid dienone is 2. The molecule has 1 aliphatic rings. The molecule has 2 heteroatoms. The van der Waals surface area contributed by atoms with Crippen molar-refractivity contribution in [2.45, 2.75) is 0 Å². The molecular formula is C12H8N2. The SMILES string of the molecule is N=C1C=CC(=N)c2c1c1ccc2cc1. The van der Waals surface area contributed by atoms with Crippen LogP contribution in [0, 0.1) is 10.8 Å². The van der Waals surface area contributed by atoms with Crippen LogP contribution < -0.4 is 0 Å². The fourth-order valence-corrected chi connectivity index (χ4v) is 2.01. The summed E-state index contributed by atoms with van der Waals surface area (Å²) >= 11 is 0. The van der Waals surface area contributed by atoms with Crippen LogP contribution in [0.5, 0.6) is 0 Å². The van der Waals surface area contributed by atoms with Gasteiger partial charge in [0, 0.05) is 11.1 Å². The maximum absolute atomic E-state index is 7.81. The Morgan fingerprint density at radius 1 is 0.643 bits per heavy atom. The van der Waals surface area contributed by atoms with Gasteiger partial charge in [-0.1, -0.05) is 24.3 Å². The smallest absolute Gasteiger partial charge is 0.0626 e. The molecule has 4 rings (SSSR count). The van der Waals surface area contributed by atoms with Gasteiger partial charge < -0.3 is 10.8 Å². The van der Waals surface area contributed by atoms with E-state index in [9.17, 15) is 0 Å². The number of nitrogens with one attached hydrogen (secondary N) is 2. The van der Waals surface area contributed by atoms with E-state index in [0.29, 0.717) is 11.4 Å². The van der Waals surface area contributed by atoms with Crippen molar-refractivity contribution >= 4 is 22.2 Å². The first-order valence-corrected chi connectivity index (χ1v) is 4.48. The molecule has 66 valence electrons. The van der Waals surface area contributed by atoms with Gasteiger partial charge in [0.1, 0.15) is 0 Å². The molecule has 0 aliphatic heterocycles. The standard InChI is InChI=1S/C12H8N2/c13-9-5-6-10(14)12-8-2-1-7(3-4-8)11(9)12/h1-6,13-14H. The van der Waals surface area contributed by atoms with E-state index < -0.39 is 0 Å². The second-order valence-electron chi connectivity index (χ2n) is 3.49. The molecule has 0 amide bonds. The van der Waals surface area contributed by atoms with Crippen LogP contribution >= 0.6 is 0 Å². The number of hydrogen-bond acceptors (Lipinski definition) is 2. The molecule has 1 aliphatic carbocycles. The highest BCUT2D eigenvalue weighted by Crippen LogP contribution is 2.28. The number of benzene rings is 3. The fraction of sp³-hybridized carbons (Fsp3) is 0. The Balaban J connectivity index is 2.53. The van der Waals surface area contributed by atoms with Crippen molar-refractivity contribution in [1.82, 2.24) is 0 Å². The van der Waals surface area contributed by atoms with Crippen molar-refractivity contribution in [1.29, 1.82) is 10.8 Å². The first kappa shape index (κ1) is 7.44. The Hall–Kier alpha value is -1.96. The van der Waals surface area contributed by atoms with E-state index in [4.69, 9.17) is 10.8 Å². The third-order valence-corrected chi connectivity index (χ3v) is 2.67. The van der Waals surface area contributed by atoms with Gasteiger partial charge in [0.2, 0.25) is 0 Å². The van der Waals surface area contributed by atoms with Gasteiger partial charge in [-0.05, 0) is 22.9 Å². The number of rotatable bonds is 0. The van der Waals surface area contributed by atoms with Crippen LogP contribution in [0.3, 0.4) is 0 Å². The van der Waals surface area contributed by atoms with Gasteiger partial charge in [-0.3, -0.25) is 0 Å². The van der Waals surface area contributed by atoms with Crippen molar-refractivity contribution < 1.29 is 0 Å². The topological polar surface area (TPSA) is 47.7 Å². The van der Waals surface area contributed by atoms with Gasteiger partial charge in [0.05, 0.1) is 11.4 Å². The van der Waals surface area contributed by atoms with E-state index in [1.807, 2.05) is 24.3 Å². The summed E-state index contributed by atoms with van der Waals surface area (Å²) in [5.74, 6) is 0. The fourth-order valence-electron chi connectivity index (χ4n) is 2.01. The molecule has 0 saturated heterocycles. The minimum Gasteiger partial charge on any atom is -0.300 e. The molecule has 14 heavy (non-hydrogen) atoms. The second-order valence-corrected chi connectivity index (χ2v) is 3.49. The van der Waals surface area contributed by atoms with Crippen molar-refractivity contribution in [3.63, 3.8) is 0 Å². The van der Waals surface area contributed by atoms with Crippen LogP contribution in [0.4, 0.5) is 0 Å². The third-order valence-electron chi connectivity index (χ3n) is 2.67. The summed E-state index contributed by atoms with van der Waals surface area (Å²) in [4.78, 5) is 0. The molecule has 0 spiro atoms. The maximum Gasteiger partial charge on any atom is 0.0626 e. The van der Waals surface area contributed by atoms with Crippen molar-refractivity contribution in [3.8, 4) is 0 Å². The highest BCUT2D eigenvalue weighted by atomic mass is 14.5. The van der Waals surface area contributed by atoms with Crippen LogP contribution in [0.2, 0.25) is 0 Å². The second kappa shape index (κ2) is 2.29. The maximum atomic E-state index is 7.81. The van der Waals surface area contributed by atoms with E-state index in [0.717, 1.165) is 21.9 Å². The van der Waals surface area contributed by atoms with Gasteiger partial charge in [-0.2, -0.15) is 0 Å². The van der Waals surface area contributed by atoms with Crippen LogP contribution in [0.15, 0.2) is 36.4 Å². The zero-order valence-corrected chi connectivity index (χ0v) is 7.46.